The van der Waals surface area contributed by atoms with Gasteiger partial charge in [-0.2, -0.15) is 0 Å². The summed E-state index contributed by atoms with van der Waals surface area (Å²) in [7, 11) is 0. The van der Waals surface area contributed by atoms with E-state index in [4.69, 9.17) is 9.47 Å². The molecule has 0 aliphatic carbocycles. The Kier molecular flexibility index (Phi) is 3.15. The molecule has 2 aromatic rings. The van der Waals surface area contributed by atoms with Crippen LogP contribution in [-0.2, 0) is 4.79 Å². The van der Waals surface area contributed by atoms with Crippen LogP contribution in [0.3, 0.4) is 0 Å². The summed E-state index contributed by atoms with van der Waals surface area (Å²) < 4.78 is 10.9. The van der Waals surface area contributed by atoms with Crippen molar-refractivity contribution in [3.8, 4) is 11.5 Å². The van der Waals surface area contributed by atoms with Gasteiger partial charge in [0.25, 0.3) is 0 Å². The number of anilines is 2. The molecule has 5 heteroatoms. The Morgan fingerprint density at radius 2 is 1.87 bits per heavy atom. The molecule has 1 amide bonds. The second-order valence-electron chi connectivity index (χ2n) is 5.88. The van der Waals surface area contributed by atoms with Crippen LogP contribution in [0.1, 0.15) is 25.5 Å². The monoisotopic (exact) mass is 310 g/mol. The largest absolute Gasteiger partial charge is 0.454 e. The van der Waals surface area contributed by atoms with E-state index in [0.717, 1.165) is 16.9 Å². The zero-order valence-electron chi connectivity index (χ0n) is 13.1. The van der Waals surface area contributed by atoms with Crippen molar-refractivity contribution < 1.29 is 14.3 Å². The topological polar surface area (TPSA) is 50.8 Å². The molecule has 23 heavy (non-hydrogen) atoms. The first-order valence-corrected chi connectivity index (χ1v) is 7.73. The third kappa shape index (κ3) is 2.20. The van der Waals surface area contributed by atoms with E-state index in [1.54, 1.807) is 0 Å². The molecule has 5 nitrogen and oxygen atoms in total. The smallest absolute Gasteiger partial charge is 0.249 e. The van der Waals surface area contributed by atoms with Crippen LogP contribution in [0.5, 0.6) is 11.5 Å². The first kappa shape index (κ1) is 13.9. The number of amides is 1. The van der Waals surface area contributed by atoms with Crippen molar-refractivity contribution in [2.75, 3.05) is 17.0 Å². The molecule has 0 fully saturated rings. The van der Waals surface area contributed by atoms with Crippen molar-refractivity contribution >= 4 is 17.3 Å². The maximum absolute atomic E-state index is 12.8. The zero-order chi connectivity index (χ0) is 16.0. The minimum atomic E-state index is -0.283. The SMILES string of the molecule is CC1Nc2cc3c(cc2N(C(C)c2ccccc2)C1=O)OCO3. The van der Waals surface area contributed by atoms with Crippen molar-refractivity contribution in [1.82, 2.24) is 0 Å². The molecule has 4 rings (SSSR count). The molecule has 2 unspecified atom stereocenters. The molecule has 2 aliphatic rings. The highest BCUT2D eigenvalue weighted by molar-refractivity contribution is 6.05. The van der Waals surface area contributed by atoms with E-state index < -0.39 is 0 Å². The number of carbonyl (C=O) groups excluding carboxylic acids is 1. The lowest BCUT2D eigenvalue weighted by Crippen LogP contribution is -2.46. The Hall–Kier alpha value is -2.69. The summed E-state index contributed by atoms with van der Waals surface area (Å²) >= 11 is 0. The van der Waals surface area contributed by atoms with Crippen molar-refractivity contribution in [3.05, 3.63) is 48.0 Å². The highest BCUT2D eigenvalue weighted by Gasteiger charge is 2.35. The minimum absolute atomic E-state index is 0.0488. The lowest BCUT2D eigenvalue weighted by molar-refractivity contribution is -0.119. The van der Waals surface area contributed by atoms with Gasteiger partial charge in [0.1, 0.15) is 6.04 Å². The van der Waals surface area contributed by atoms with E-state index in [1.165, 1.54) is 0 Å². The molecule has 0 bridgehead atoms. The fraction of sp³-hybridized carbons (Fsp3) is 0.278. The molecule has 118 valence electrons. The predicted molar refractivity (Wildman–Crippen MR) is 88.0 cm³/mol. The van der Waals surface area contributed by atoms with Gasteiger partial charge in [-0.05, 0) is 19.4 Å². The first-order valence-electron chi connectivity index (χ1n) is 7.73. The number of hydrogen-bond acceptors (Lipinski definition) is 4. The second-order valence-corrected chi connectivity index (χ2v) is 5.88. The molecule has 0 radical (unpaired) electrons. The number of hydrogen-bond donors (Lipinski definition) is 1. The molecule has 0 spiro atoms. The molecule has 0 saturated carbocycles. The van der Waals surface area contributed by atoms with Crippen molar-refractivity contribution in [2.45, 2.75) is 25.9 Å². The number of rotatable bonds is 2. The summed E-state index contributed by atoms with van der Waals surface area (Å²) in [6.07, 6.45) is 0. The molecule has 2 aliphatic heterocycles. The van der Waals surface area contributed by atoms with Gasteiger partial charge in [0.05, 0.1) is 17.4 Å². The predicted octanol–water partition coefficient (Wildman–Crippen LogP) is 3.32. The van der Waals surface area contributed by atoms with Gasteiger partial charge in [-0.25, -0.2) is 0 Å². The van der Waals surface area contributed by atoms with Gasteiger partial charge in [0.2, 0.25) is 12.7 Å². The summed E-state index contributed by atoms with van der Waals surface area (Å²) in [5.74, 6) is 1.44. The molecular formula is C18H18N2O3. The Labute approximate surface area is 134 Å². The van der Waals surface area contributed by atoms with Crippen LogP contribution < -0.4 is 19.7 Å². The lowest BCUT2D eigenvalue weighted by Gasteiger charge is -2.38. The minimum Gasteiger partial charge on any atom is -0.454 e. The van der Waals surface area contributed by atoms with Gasteiger partial charge in [-0.3, -0.25) is 4.79 Å². The number of nitrogens with one attached hydrogen (secondary N) is 1. The average Bonchev–Trinajstić information content (AvgIpc) is 3.02. The summed E-state index contributed by atoms with van der Waals surface area (Å²) in [5, 5.41) is 3.25. The average molecular weight is 310 g/mol. The first-order chi connectivity index (χ1) is 11.1. The Morgan fingerprint density at radius 3 is 2.61 bits per heavy atom. The molecule has 0 saturated heterocycles. The van der Waals surface area contributed by atoms with E-state index in [-0.39, 0.29) is 24.8 Å². The number of fused-ring (bicyclic) bond motifs is 2. The Balaban J connectivity index is 1.82. The maximum atomic E-state index is 12.8. The molecule has 2 atom stereocenters. The summed E-state index contributed by atoms with van der Waals surface area (Å²) in [4.78, 5) is 14.6. The van der Waals surface area contributed by atoms with Crippen molar-refractivity contribution in [2.24, 2.45) is 0 Å². The molecular weight excluding hydrogens is 292 g/mol. The van der Waals surface area contributed by atoms with Gasteiger partial charge in [-0.1, -0.05) is 30.3 Å². The van der Waals surface area contributed by atoms with Gasteiger partial charge < -0.3 is 19.7 Å². The zero-order valence-corrected chi connectivity index (χ0v) is 13.1. The third-order valence-corrected chi connectivity index (χ3v) is 4.40. The summed E-state index contributed by atoms with van der Waals surface area (Å²) in [6, 6.07) is 13.5. The van der Waals surface area contributed by atoms with Crippen LogP contribution >= 0.6 is 0 Å². The van der Waals surface area contributed by atoms with Gasteiger partial charge in [0.15, 0.2) is 11.5 Å². The standard InChI is InChI=1S/C18H18N2O3/c1-11-18(21)20(12(2)13-6-4-3-5-7-13)15-9-17-16(22-10-23-17)8-14(15)19-11/h3-9,11-12,19H,10H2,1-2H3. The molecule has 0 aromatic heterocycles. The number of nitrogens with zero attached hydrogens (tertiary/aromatic N) is 1. The quantitative estimate of drug-likeness (QED) is 0.924. The number of benzene rings is 2. The van der Waals surface area contributed by atoms with Crippen LogP contribution in [0.15, 0.2) is 42.5 Å². The van der Waals surface area contributed by atoms with Crippen LogP contribution in [0.4, 0.5) is 11.4 Å². The third-order valence-electron chi connectivity index (χ3n) is 4.40. The summed E-state index contributed by atoms with van der Waals surface area (Å²) in [5.41, 5.74) is 2.82. The van der Waals surface area contributed by atoms with E-state index in [2.05, 4.69) is 5.32 Å². The van der Waals surface area contributed by atoms with Gasteiger partial charge >= 0.3 is 0 Å². The van der Waals surface area contributed by atoms with E-state index in [9.17, 15) is 4.79 Å². The van der Waals surface area contributed by atoms with E-state index in [0.29, 0.717) is 11.5 Å². The van der Waals surface area contributed by atoms with Gasteiger partial charge in [-0.15, -0.1) is 0 Å². The molecule has 2 heterocycles. The molecule has 2 aromatic carbocycles. The maximum Gasteiger partial charge on any atom is 0.249 e. The normalized spacial score (nSPS) is 20.0. The Bertz CT molecular complexity index is 760. The second kappa shape index (κ2) is 5.19. The van der Waals surface area contributed by atoms with Crippen LogP contribution in [-0.4, -0.2) is 18.7 Å². The van der Waals surface area contributed by atoms with Crippen LogP contribution in [0.25, 0.3) is 0 Å². The highest BCUT2D eigenvalue weighted by atomic mass is 16.7. The fourth-order valence-corrected chi connectivity index (χ4v) is 3.15. The van der Waals surface area contributed by atoms with Crippen molar-refractivity contribution in [3.63, 3.8) is 0 Å². The van der Waals surface area contributed by atoms with Gasteiger partial charge in [0, 0.05) is 12.1 Å². The van der Waals surface area contributed by atoms with Crippen LogP contribution in [0, 0.1) is 0 Å². The summed E-state index contributed by atoms with van der Waals surface area (Å²) in [6.45, 7) is 4.14. The van der Waals surface area contributed by atoms with Crippen molar-refractivity contribution in [1.29, 1.82) is 0 Å². The van der Waals surface area contributed by atoms with E-state index in [1.807, 2.05) is 61.2 Å². The number of ether oxygens (including phenoxy) is 2. The molecule has 1 N–H and O–H groups in total. The van der Waals surface area contributed by atoms with Crippen LogP contribution in [0.2, 0.25) is 0 Å². The van der Waals surface area contributed by atoms with E-state index >= 15 is 0 Å². The highest BCUT2D eigenvalue weighted by Crippen LogP contribution is 2.45. The fourth-order valence-electron chi connectivity index (χ4n) is 3.15. The lowest BCUT2D eigenvalue weighted by atomic mass is 10.0. The number of carbonyl (C=O) groups is 1. The Morgan fingerprint density at radius 1 is 1.17 bits per heavy atom.